The van der Waals surface area contributed by atoms with Crippen LogP contribution in [0.3, 0.4) is 0 Å². The molecular formula is C13H18BrN3O3. The number of rotatable bonds is 5. The Morgan fingerprint density at radius 1 is 1.70 bits per heavy atom. The van der Waals surface area contributed by atoms with Crippen molar-refractivity contribution in [2.24, 2.45) is 0 Å². The topological polar surface area (TPSA) is 65.9 Å². The summed E-state index contributed by atoms with van der Waals surface area (Å²) in [4.78, 5) is 19.0. The molecule has 0 amide bonds. The maximum atomic E-state index is 10.7. The Balaban J connectivity index is 1.95. The van der Waals surface area contributed by atoms with Crippen molar-refractivity contribution < 1.29 is 14.6 Å². The highest BCUT2D eigenvalue weighted by Gasteiger charge is 2.24. The first kappa shape index (κ1) is 15.2. The summed E-state index contributed by atoms with van der Waals surface area (Å²) in [6.45, 7) is 2.73. The molecule has 1 aromatic heterocycles. The van der Waals surface area contributed by atoms with Gasteiger partial charge in [0.15, 0.2) is 0 Å². The molecule has 1 aromatic rings. The number of pyridine rings is 1. The predicted molar refractivity (Wildman–Crippen MR) is 79.0 cm³/mol. The van der Waals surface area contributed by atoms with E-state index >= 15 is 0 Å². The molecule has 0 radical (unpaired) electrons. The lowest BCUT2D eigenvalue weighted by Gasteiger charge is -2.35. The number of halogens is 1. The second kappa shape index (κ2) is 7.01. The molecule has 1 saturated heterocycles. The van der Waals surface area contributed by atoms with Gasteiger partial charge in [-0.15, -0.1) is 0 Å². The summed E-state index contributed by atoms with van der Waals surface area (Å²) in [5.74, 6) is 0.0781. The van der Waals surface area contributed by atoms with Gasteiger partial charge in [0.2, 0.25) is 0 Å². The van der Waals surface area contributed by atoms with Crippen LogP contribution in [-0.2, 0) is 9.53 Å². The fraction of sp³-hybridized carbons (Fsp3) is 0.538. The number of carboxylic acids is 1. The lowest BCUT2D eigenvalue weighted by atomic mass is 10.2. The largest absolute Gasteiger partial charge is 0.480 e. The Hall–Kier alpha value is -1.18. The summed E-state index contributed by atoms with van der Waals surface area (Å²) in [5.41, 5.74) is 0. The fourth-order valence-electron chi connectivity index (χ4n) is 2.28. The molecule has 0 aromatic carbocycles. The van der Waals surface area contributed by atoms with Gasteiger partial charge in [-0.25, -0.2) is 4.98 Å². The van der Waals surface area contributed by atoms with Crippen molar-refractivity contribution >= 4 is 27.7 Å². The smallest absolute Gasteiger partial charge is 0.317 e. The number of carboxylic acid groups (broad SMARTS) is 1. The molecule has 6 nitrogen and oxygen atoms in total. The van der Waals surface area contributed by atoms with Crippen molar-refractivity contribution in [2.75, 3.05) is 44.7 Å². The molecule has 1 unspecified atom stereocenters. The molecule has 2 rings (SSSR count). The van der Waals surface area contributed by atoms with Crippen LogP contribution in [0.25, 0.3) is 0 Å². The van der Waals surface area contributed by atoms with Gasteiger partial charge in [-0.2, -0.15) is 0 Å². The van der Waals surface area contributed by atoms with E-state index in [4.69, 9.17) is 9.84 Å². The van der Waals surface area contributed by atoms with Gasteiger partial charge >= 0.3 is 5.97 Å². The Kier molecular flexibility index (Phi) is 5.33. The van der Waals surface area contributed by atoms with E-state index in [1.807, 2.05) is 12.1 Å². The highest BCUT2D eigenvalue weighted by molar-refractivity contribution is 9.10. The predicted octanol–water partition coefficient (Wildman–Crippen LogP) is 1.07. The maximum Gasteiger partial charge on any atom is 0.317 e. The molecule has 7 heteroatoms. The maximum absolute atomic E-state index is 10.7. The third-order valence-electron chi connectivity index (χ3n) is 3.10. The zero-order valence-electron chi connectivity index (χ0n) is 11.3. The third kappa shape index (κ3) is 4.16. The lowest BCUT2D eigenvalue weighted by Crippen LogP contribution is -2.48. The second-order valence-electron chi connectivity index (χ2n) is 4.84. The Labute approximate surface area is 126 Å². The van der Waals surface area contributed by atoms with Crippen LogP contribution in [0, 0.1) is 0 Å². The van der Waals surface area contributed by atoms with Gasteiger partial charge in [0.25, 0.3) is 0 Å². The number of ether oxygens (including phenoxy) is 1. The summed E-state index contributed by atoms with van der Waals surface area (Å²) in [7, 11) is 1.78. The average Bonchev–Trinajstić information content (AvgIpc) is 2.38. The average molecular weight is 344 g/mol. The Bertz CT molecular complexity index is 472. The number of anilines is 1. The van der Waals surface area contributed by atoms with E-state index in [0.717, 1.165) is 16.8 Å². The highest BCUT2D eigenvalue weighted by atomic mass is 79.9. The molecule has 1 fully saturated rings. The molecular weight excluding hydrogens is 326 g/mol. The van der Waals surface area contributed by atoms with Gasteiger partial charge in [-0.1, -0.05) is 0 Å². The number of nitrogens with zero attached hydrogens (tertiary/aromatic N) is 3. The monoisotopic (exact) mass is 343 g/mol. The zero-order chi connectivity index (χ0) is 14.5. The van der Waals surface area contributed by atoms with E-state index in [0.29, 0.717) is 19.7 Å². The Morgan fingerprint density at radius 3 is 3.20 bits per heavy atom. The number of aromatic nitrogens is 1. The van der Waals surface area contributed by atoms with Crippen molar-refractivity contribution in [3.8, 4) is 0 Å². The first-order valence-corrected chi connectivity index (χ1v) is 7.23. The summed E-state index contributed by atoms with van der Waals surface area (Å²) >= 11 is 3.50. The van der Waals surface area contributed by atoms with Crippen molar-refractivity contribution in [1.82, 2.24) is 9.88 Å². The summed E-state index contributed by atoms with van der Waals surface area (Å²) < 4.78 is 6.66. The molecule has 110 valence electrons. The number of hydrogen-bond donors (Lipinski definition) is 1. The molecule has 20 heavy (non-hydrogen) atoms. The van der Waals surface area contributed by atoms with E-state index in [-0.39, 0.29) is 12.6 Å². The molecule has 2 heterocycles. The number of aliphatic carboxylic acids is 1. The standard InChI is InChI=1S/C13H18BrN3O3/c1-16(9-12(18)19)7-10-8-17(5-6-20-10)13-11(14)3-2-4-15-13/h2-4,10H,5-9H2,1H3,(H,18,19). The first-order chi connectivity index (χ1) is 9.56. The van der Waals surface area contributed by atoms with Crippen LogP contribution in [0.2, 0.25) is 0 Å². The number of morpholine rings is 1. The molecule has 1 N–H and O–H groups in total. The normalized spacial score (nSPS) is 19.4. The minimum atomic E-state index is -0.826. The molecule has 0 aliphatic carbocycles. The lowest BCUT2D eigenvalue weighted by molar-refractivity contribution is -0.138. The van der Waals surface area contributed by atoms with Gasteiger partial charge in [0, 0.05) is 25.8 Å². The van der Waals surface area contributed by atoms with E-state index in [9.17, 15) is 4.79 Å². The van der Waals surface area contributed by atoms with Crippen LogP contribution in [0.5, 0.6) is 0 Å². The van der Waals surface area contributed by atoms with E-state index < -0.39 is 5.97 Å². The molecule has 1 aliphatic heterocycles. The van der Waals surface area contributed by atoms with E-state index in [1.165, 1.54) is 0 Å². The minimum Gasteiger partial charge on any atom is -0.480 e. The van der Waals surface area contributed by atoms with Crippen LogP contribution in [0.4, 0.5) is 5.82 Å². The number of likely N-dealkylation sites (N-methyl/N-ethyl adjacent to an activating group) is 1. The third-order valence-corrected chi connectivity index (χ3v) is 3.72. The van der Waals surface area contributed by atoms with E-state index in [2.05, 4.69) is 25.8 Å². The van der Waals surface area contributed by atoms with Crippen molar-refractivity contribution in [1.29, 1.82) is 0 Å². The quantitative estimate of drug-likeness (QED) is 0.862. The molecule has 0 bridgehead atoms. The van der Waals surface area contributed by atoms with Gasteiger partial charge in [-0.05, 0) is 35.1 Å². The number of hydrogen-bond acceptors (Lipinski definition) is 5. The van der Waals surface area contributed by atoms with Crippen molar-refractivity contribution in [3.05, 3.63) is 22.8 Å². The van der Waals surface area contributed by atoms with Crippen LogP contribution >= 0.6 is 15.9 Å². The molecule has 0 spiro atoms. The van der Waals surface area contributed by atoms with Crippen LogP contribution < -0.4 is 4.90 Å². The fourth-order valence-corrected chi connectivity index (χ4v) is 2.78. The van der Waals surface area contributed by atoms with Gasteiger partial charge < -0.3 is 14.7 Å². The van der Waals surface area contributed by atoms with Gasteiger partial charge in [0.1, 0.15) is 5.82 Å². The summed E-state index contributed by atoms with van der Waals surface area (Å²) in [6, 6.07) is 3.84. The van der Waals surface area contributed by atoms with Crippen LogP contribution in [0.1, 0.15) is 0 Å². The second-order valence-corrected chi connectivity index (χ2v) is 5.69. The summed E-state index contributed by atoms with van der Waals surface area (Å²) in [6.07, 6.45) is 1.75. The first-order valence-electron chi connectivity index (χ1n) is 6.43. The minimum absolute atomic E-state index is 0.0120. The van der Waals surface area contributed by atoms with E-state index in [1.54, 1.807) is 18.1 Å². The van der Waals surface area contributed by atoms with Crippen LogP contribution in [0.15, 0.2) is 22.8 Å². The van der Waals surface area contributed by atoms with Gasteiger partial charge in [-0.3, -0.25) is 9.69 Å². The number of carbonyl (C=O) groups is 1. The highest BCUT2D eigenvalue weighted by Crippen LogP contribution is 2.24. The van der Waals surface area contributed by atoms with Gasteiger partial charge in [0.05, 0.1) is 23.7 Å². The molecule has 1 aliphatic rings. The Morgan fingerprint density at radius 2 is 2.50 bits per heavy atom. The molecule has 0 saturated carbocycles. The van der Waals surface area contributed by atoms with Crippen LogP contribution in [-0.4, -0.2) is 66.9 Å². The molecule has 1 atom stereocenters. The van der Waals surface area contributed by atoms with Crippen molar-refractivity contribution in [2.45, 2.75) is 6.10 Å². The summed E-state index contributed by atoms with van der Waals surface area (Å²) in [5, 5.41) is 8.77. The zero-order valence-corrected chi connectivity index (χ0v) is 12.9. The van der Waals surface area contributed by atoms with Crippen molar-refractivity contribution in [3.63, 3.8) is 0 Å². The SMILES string of the molecule is CN(CC(=O)O)CC1CN(c2ncccc2Br)CCO1.